The zero-order chi connectivity index (χ0) is 14.4. The van der Waals surface area contributed by atoms with Crippen LogP contribution in [-0.4, -0.2) is 23.4 Å². The van der Waals surface area contributed by atoms with Gasteiger partial charge in [-0.2, -0.15) is 0 Å². The maximum Gasteiger partial charge on any atom is 0.259 e. The summed E-state index contributed by atoms with van der Waals surface area (Å²) in [5, 5.41) is 0. The molecular formula is C12H15FN2O3S. The number of carbonyl (C=O) groups excluding carboxylic acids is 1. The van der Waals surface area contributed by atoms with Crippen molar-refractivity contribution in [2.75, 3.05) is 0 Å². The van der Waals surface area contributed by atoms with Gasteiger partial charge in [-0.3, -0.25) is 4.79 Å². The molecule has 0 atom stereocenters. The molecule has 1 aromatic rings. The lowest BCUT2D eigenvalue weighted by Crippen LogP contribution is -2.66. The van der Waals surface area contributed by atoms with Crippen molar-refractivity contribution in [1.82, 2.24) is 4.31 Å². The molecule has 1 fully saturated rings. The van der Waals surface area contributed by atoms with E-state index in [1.54, 1.807) is 6.07 Å². The normalized spacial score (nSPS) is 20.2. The number of hydrogen-bond acceptors (Lipinski definition) is 4. The first-order valence-corrected chi connectivity index (χ1v) is 7.20. The van der Waals surface area contributed by atoms with Gasteiger partial charge in [-0.15, -0.1) is 0 Å². The number of sulfonamides is 1. The third-order valence-electron chi connectivity index (χ3n) is 3.37. The molecule has 5 nitrogen and oxygen atoms in total. The summed E-state index contributed by atoms with van der Waals surface area (Å²) in [5.41, 5.74) is 5.82. The highest BCUT2D eigenvalue weighted by Crippen LogP contribution is 2.36. The number of rotatable bonds is 3. The Morgan fingerprint density at radius 1 is 1.32 bits per heavy atom. The lowest BCUT2D eigenvalue weighted by Gasteiger charge is -2.43. The Morgan fingerprint density at radius 3 is 2.42 bits per heavy atom. The molecule has 0 unspecified atom stereocenters. The highest BCUT2D eigenvalue weighted by molar-refractivity contribution is 7.94. The molecule has 2 rings (SSSR count). The lowest BCUT2D eigenvalue weighted by molar-refractivity contribution is -0.132. The van der Waals surface area contributed by atoms with Gasteiger partial charge < -0.3 is 5.73 Å². The lowest BCUT2D eigenvalue weighted by atomic mass is 10.1. The molecule has 1 aliphatic heterocycles. The Kier molecular flexibility index (Phi) is 3.14. The van der Waals surface area contributed by atoms with Crippen molar-refractivity contribution < 1.29 is 17.6 Å². The second kappa shape index (κ2) is 4.28. The molecule has 2 N–H and O–H groups in total. The summed E-state index contributed by atoms with van der Waals surface area (Å²) in [6, 6.07) is 4.56. The standard InChI is InChI=1S/C12H15FN2O3S/c1-12(2)11(16)15(19(12,17)18)7-9-5-3-4-8(6-14)10(9)13/h3-5H,6-7,14H2,1-2H3. The van der Waals surface area contributed by atoms with Gasteiger partial charge in [-0.25, -0.2) is 17.1 Å². The Bertz CT molecular complexity index is 640. The minimum absolute atomic E-state index is 0.0197. The van der Waals surface area contributed by atoms with E-state index in [1.807, 2.05) is 0 Å². The second-order valence-corrected chi connectivity index (χ2v) is 7.33. The van der Waals surface area contributed by atoms with Crippen LogP contribution in [-0.2, 0) is 27.9 Å². The summed E-state index contributed by atoms with van der Waals surface area (Å²) >= 11 is 0. The summed E-state index contributed by atoms with van der Waals surface area (Å²) in [6.07, 6.45) is 0. The smallest absolute Gasteiger partial charge is 0.259 e. The van der Waals surface area contributed by atoms with Crippen LogP contribution < -0.4 is 5.73 Å². The van der Waals surface area contributed by atoms with Crippen LogP contribution in [0.4, 0.5) is 4.39 Å². The number of nitrogens with two attached hydrogens (primary N) is 1. The quantitative estimate of drug-likeness (QED) is 0.888. The molecule has 0 saturated carbocycles. The second-order valence-electron chi connectivity index (χ2n) is 4.92. The molecule has 0 aliphatic carbocycles. The van der Waals surface area contributed by atoms with Crippen LogP contribution in [0.15, 0.2) is 18.2 Å². The average Bonchev–Trinajstić information content (AvgIpc) is 2.36. The molecular weight excluding hydrogens is 271 g/mol. The van der Waals surface area contributed by atoms with Crippen molar-refractivity contribution >= 4 is 15.9 Å². The first kappa shape index (κ1) is 14.0. The van der Waals surface area contributed by atoms with Gasteiger partial charge in [0, 0.05) is 17.7 Å². The van der Waals surface area contributed by atoms with Crippen LogP contribution in [0.1, 0.15) is 25.0 Å². The Hall–Kier alpha value is -1.47. The van der Waals surface area contributed by atoms with E-state index in [2.05, 4.69) is 0 Å². The van der Waals surface area contributed by atoms with E-state index < -0.39 is 26.5 Å². The Morgan fingerprint density at radius 2 is 1.89 bits per heavy atom. The third kappa shape index (κ3) is 1.84. The first-order valence-electron chi connectivity index (χ1n) is 5.76. The van der Waals surface area contributed by atoms with Gasteiger partial charge in [0.1, 0.15) is 5.82 Å². The number of hydrogen-bond donors (Lipinski definition) is 1. The zero-order valence-corrected chi connectivity index (χ0v) is 11.5. The predicted molar refractivity (Wildman–Crippen MR) is 67.8 cm³/mol. The van der Waals surface area contributed by atoms with Gasteiger partial charge in [0.05, 0.1) is 6.54 Å². The molecule has 1 saturated heterocycles. The van der Waals surface area contributed by atoms with Crippen molar-refractivity contribution in [3.05, 3.63) is 35.1 Å². The fourth-order valence-electron chi connectivity index (χ4n) is 1.98. The van der Waals surface area contributed by atoms with Crippen molar-refractivity contribution in [3.63, 3.8) is 0 Å². The fourth-order valence-corrected chi connectivity index (χ4v) is 3.49. The molecule has 19 heavy (non-hydrogen) atoms. The fraction of sp³-hybridized carbons (Fsp3) is 0.417. The SMILES string of the molecule is CC1(C)C(=O)N(Cc2cccc(CN)c2F)S1(=O)=O. The Balaban J connectivity index is 2.32. The molecule has 104 valence electrons. The zero-order valence-electron chi connectivity index (χ0n) is 10.7. The maximum atomic E-state index is 14.0. The molecule has 1 aliphatic rings. The summed E-state index contributed by atoms with van der Waals surface area (Å²) in [4.78, 5) is 11.8. The van der Waals surface area contributed by atoms with Crippen molar-refractivity contribution in [3.8, 4) is 0 Å². The minimum atomic E-state index is -3.70. The van der Waals surface area contributed by atoms with Gasteiger partial charge in [-0.05, 0) is 13.8 Å². The van der Waals surface area contributed by atoms with Gasteiger partial charge in [0.25, 0.3) is 15.9 Å². The largest absolute Gasteiger partial charge is 0.326 e. The van der Waals surface area contributed by atoms with E-state index in [4.69, 9.17) is 5.73 Å². The van der Waals surface area contributed by atoms with E-state index in [1.165, 1.54) is 26.0 Å². The highest BCUT2D eigenvalue weighted by atomic mass is 32.2. The molecule has 1 heterocycles. The van der Waals surface area contributed by atoms with Gasteiger partial charge >= 0.3 is 0 Å². The number of carbonyl (C=O) groups is 1. The van der Waals surface area contributed by atoms with E-state index in [9.17, 15) is 17.6 Å². The van der Waals surface area contributed by atoms with Gasteiger partial charge in [0.2, 0.25) is 0 Å². The Labute approximate surface area is 111 Å². The molecule has 0 radical (unpaired) electrons. The number of benzene rings is 1. The third-order valence-corrected chi connectivity index (χ3v) is 5.71. The van der Waals surface area contributed by atoms with Gasteiger partial charge in [-0.1, -0.05) is 18.2 Å². The molecule has 0 spiro atoms. The van der Waals surface area contributed by atoms with Crippen molar-refractivity contribution in [2.45, 2.75) is 31.7 Å². The summed E-state index contributed by atoms with van der Waals surface area (Å²) in [5.74, 6) is -1.08. The monoisotopic (exact) mass is 286 g/mol. The van der Waals surface area contributed by atoms with Crippen LogP contribution in [0.3, 0.4) is 0 Å². The van der Waals surface area contributed by atoms with E-state index in [0.29, 0.717) is 9.87 Å². The van der Waals surface area contributed by atoms with Crippen LogP contribution in [0.5, 0.6) is 0 Å². The maximum absolute atomic E-state index is 14.0. The molecule has 7 heteroatoms. The van der Waals surface area contributed by atoms with E-state index in [-0.39, 0.29) is 18.7 Å². The van der Waals surface area contributed by atoms with Crippen LogP contribution in [0.2, 0.25) is 0 Å². The molecule has 0 aromatic heterocycles. The summed E-state index contributed by atoms with van der Waals surface area (Å²) in [7, 11) is -3.70. The van der Waals surface area contributed by atoms with E-state index in [0.717, 1.165) is 0 Å². The first-order chi connectivity index (χ1) is 8.73. The molecule has 1 amide bonds. The van der Waals surface area contributed by atoms with Crippen molar-refractivity contribution in [1.29, 1.82) is 0 Å². The number of amides is 1. The molecule has 1 aromatic carbocycles. The van der Waals surface area contributed by atoms with Crippen LogP contribution >= 0.6 is 0 Å². The molecule has 0 bridgehead atoms. The number of nitrogens with zero attached hydrogens (tertiary/aromatic N) is 1. The average molecular weight is 286 g/mol. The van der Waals surface area contributed by atoms with Gasteiger partial charge in [0.15, 0.2) is 4.75 Å². The predicted octanol–water partition coefficient (Wildman–Crippen LogP) is 0.735. The summed E-state index contributed by atoms with van der Waals surface area (Å²) in [6.45, 7) is 2.41. The highest BCUT2D eigenvalue weighted by Gasteiger charge is 2.60. The van der Waals surface area contributed by atoms with Crippen LogP contribution in [0, 0.1) is 5.82 Å². The minimum Gasteiger partial charge on any atom is -0.326 e. The van der Waals surface area contributed by atoms with E-state index >= 15 is 0 Å². The summed E-state index contributed by atoms with van der Waals surface area (Å²) < 4.78 is 37.0. The topological polar surface area (TPSA) is 80.5 Å². The van der Waals surface area contributed by atoms with Crippen molar-refractivity contribution in [2.24, 2.45) is 5.73 Å². The number of halogens is 1. The van der Waals surface area contributed by atoms with Crippen LogP contribution in [0.25, 0.3) is 0 Å².